The summed E-state index contributed by atoms with van der Waals surface area (Å²) in [7, 11) is -3.20. The number of sulfonamides is 1. The fourth-order valence-corrected chi connectivity index (χ4v) is 4.29. The number of aliphatic carboxylic acids is 1. The minimum atomic E-state index is -4.22. The zero-order valence-electron chi connectivity index (χ0n) is 13.5. The molecule has 11 heteroatoms. The minimum absolute atomic E-state index is 0.0390. The van der Waals surface area contributed by atoms with Crippen molar-refractivity contribution in [3.05, 3.63) is 33.9 Å². The number of carbonyl (C=O) groups is 2. The maximum atomic E-state index is 12.8. The first-order chi connectivity index (χ1) is 11.5. The van der Waals surface area contributed by atoms with Crippen molar-refractivity contribution in [3.8, 4) is 0 Å². The topological polar surface area (TPSA) is 144 Å². The van der Waals surface area contributed by atoms with E-state index in [-0.39, 0.29) is 19.5 Å². The molecule has 1 atom stereocenters. The lowest BCUT2D eigenvalue weighted by atomic mass is 9.90. The molecule has 2 rings (SSSR count). The largest absolute Gasteiger partial charge is 0.481 e. The average molecular weight is 372 g/mol. The van der Waals surface area contributed by atoms with Crippen LogP contribution in [0.3, 0.4) is 0 Å². The van der Waals surface area contributed by atoms with Crippen molar-refractivity contribution in [2.75, 3.05) is 20.2 Å². The second-order valence-electron chi connectivity index (χ2n) is 5.88. The number of non-ortho nitro benzene ring substituents is 1. The van der Waals surface area contributed by atoms with Crippen LogP contribution in [0.2, 0.25) is 0 Å². The van der Waals surface area contributed by atoms with Crippen LogP contribution in [0.5, 0.6) is 0 Å². The van der Waals surface area contributed by atoms with Crippen LogP contribution in [-0.4, -0.2) is 54.9 Å². The van der Waals surface area contributed by atoms with E-state index in [9.17, 15) is 33.2 Å². The molecular weight excluding hydrogens is 356 g/mol. The molecule has 0 aliphatic carbocycles. The Balaban J connectivity index is 2.51. The van der Waals surface area contributed by atoms with Crippen molar-refractivity contribution in [1.82, 2.24) is 4.31 Å². The molecule has 1 aliphatic heterocycles. The molecule has 25 heavy (non-hydrogen) atoms. The molecule has 0 amide bonds. The maximum Gasteiger partial charge on any atom is 0.339 e. The highest BCUT2D eigenvalue weighted by Crippen LogP contribution is 2.35. The van der Waals surface area contributed by atoms with Gasteiger partial charge in [0.05, 0.1) is 27.9 Å². The summed E-state index contributed by atoms with van der Waals surface area (Å²) in [6, 6.07) is 2.74. The summed E-state index contributed by atoms with van der Waals surface area (Å²) in [6.45, 7) is 1.13. The maximum absolute atomic E-state index is 12.8. The van der Waals surface area contributed by atoms with E-state index in [0.29, 0.717) is 0 Å². The molecule has 1 aliphatic rings. The van der Waals surface area contributed by atoms with E-state index in [1.807, 2.05) is 0 Å². The predicted octanol–water partition coefficient (Wildman–Crippen LogP) is 0.867. The molecule has 1 heterocycles. The van der Waals surface area contributed by atoms with E-state index in [1.165, 1.54) is 6.92 Å². The van der Waals surface area contributed by atoms with Gasteiger partial charge in [0, 0.05) is 25.2 Å². The Hall–Kier alpha value is -2.53. The third kappa shape index (κ3) is 3.33. The molecule has 1 unspecified atom stereocenters. The fraction of sp³-hybridized carbons (Fsp3) is 0.429. The van der Waals surface area contributed by atoms with Crippen molar-refractivity contribution in [2.24, 2.45) is 5.41 Å². The van der Waals surface area contributed by atoms with Crippen LogP contribution in [-0.2, 0) is 19.6 Å². The number of hydrogen-bond acceptors (Lipinski definition) is 7. The van der Waals surface area contributed by atoms with Crippen LogP contribution in [0, 0.1) is 15.5 Å². The highest BCUT2D eigenvalue weighted by Gasteiger charge is 2.45. The SMILES string of the molecule is COC(=O)c1cc([N+](=O)[O-])ccc1S(=O)(=O)N1CCC(C)(C(=O)O)C1. The van der Waals surface area contributed by atoms with Gasteiger partial charge < -0.3 is 9.84 Å². The summed E-state index contributed by atoms with van der Waals surface area (Å²) < 4.78 is 31.1. The van der Waals surface area contributed by atoms with E-state index < -0.39 is 48.4 Å². The van der Waals surface area contributed by atoms with Crippen LogP contribution < -0.4 is 0 Å². The molecule has 0 bridgehead atoms. The fourth-order valence-electron chi connectivity index (χ4n) is 2.56. The Morgan fingerprint density at radius 1 is 1.40 bits per heavy atom. The monoisotopic (exact) mass is 372 g/mol. The minimum Gasteiger partial charge on any atom is -0.481 e. The molecule has 0 radical (unpaired) electrons. The Bertz CT molecular complexity index is 850. The predicted molar refractivity (Wildman–Crippen MR) is 83.6 cm³/mol. The van der Waals surface area contributed by atoms with E-state index in [4.69, 9.17) is 0 Å². The summed E-state index contributed by atoms with van der Waals surface area (Å²) in [5.74, 6) is -2.16. The lowest BCUT2D eigenvalue weighted by Gasteiger charge is -2.20. The quantitative estimate of drug-likeness (QED) is 0.455. The first-order valence-electron chi connectivity index (χ1n) is 7.13. The molecular formula is C14H16N2O8S. The van der Waals surface area contributed by atoms with Crippen molar-refractivity contribution < 1.29 is 32.8 Å². The number of carboxylic acid groups (broad SMARTS) is 1. The van der Waals surface area contributed by atoms with Crippen molar-refractivity contribution in [1.29, 1.82) is 0 Å². The number of methoxy groups -OCH3 is 1. The number of nitrogens with zero attached hydrogens (tertiary/aromatic N) is 2. The highest BCUT2D eigenvalue weighted by molar-refractivity contribution is 7.89. The summed E-state index contributed by atoms with van der Waals surface area (Å²) in [4.78, 5) is 32.8. The van der Waals surface area contributed by atoms with Crippen molar-refractivity contribution >= 4 is 27.6 Å². The number of benzene rings is 1. The summed E-state index contributed by atoms with van der Waals surface area (Å²) in [5.41, 5.74) is -2.17. The molecule has 10 nitrogen and oxygen atoms in total. The molecule has 1 fully saturated rings. The number of rotatable bonds is 5. The molecule has 0 saturated carbocycles. The standard InChI is InChI=1S/C14H16N2O8S/c1-14(13(18)19)5-6-15(8-14)25(22,23)11-4-3-9(16(20)21)7-10(11)12(17)24-2/h3-4,7H,5-6,8H2,1-2H3,(H,18,19). The number of nitro benzene ring substituents is 1. The average Bonchev–Trinajstić information content (AvgIpc) is 2.98. The van der Waals surface area contributed by atoms with E-state index in [2.05, 4.69) is 4.74 Å². The first kappa shape index (κ1) is 18.8. The van der Waals surface area contributed by atoms with Gasteiger partial charge in [-0.1, -0.05) is 0 Å². The van der Waals surface area contributed by atoms with Gasteiger partial charge in [0.1, 0.15) is 0 Å². The van der Waals surface area contributed by atoms with Gasteiger partial charge in [0.2, 0.25) is 10.0 Å². The lowest BCUT2D eigenvalue weighted by Crippen LogP contribution is -2.35. The van der Waals surface area contributed by atoms with Gasteiger partial charge in [0.25, 0.3) is 5.69 Å². The Morgan fingerprint density at radius 2 is 2.04 bits per heavy atom. The Morgan fingerprint density at radius 3 is 2.52 bits per heavy atom. The van der Waals surface area contributed by atoms with Gasteiger partial charge in [-0.3, -0.25) is 14.9 Å². The van der Waals surface area contributed by atoms with Gasteiger partial charge >= 0.3 is 11.9 Å². The van der Waals surface area contributed by atoms with Gasteiger partial charge in [0.15, 0.2) is 0 Å². The second-order valence-corrected chi connectivity index (χ2v) is 7.79. The van der Waals surface area contributed by atoms with E-state index in [1.54, 1.807) is 0 Å². The van der Waals surface area contributed by atoms with Crippen LogP contribution in [0.15, 0.2) is 23.1 Å². The van der Waals surface area contributed by atoms with Crippen molar-refractivity contribution in [2.45, 2.75) is 18.2 Å². The molecule has 1 aromatic rings. The molecule has 0 spiro atoms. The third-order valence-electron chi connectivity index (χ3n) is 4.15. The van der Waals surface area contributed by atoms with Crippen LogP contribution >= 0.6 is 0 Å². The number of nitro groups is 1. The molecule has 0 aromatic heterocycles. The van der Waals surface area contributed by atoms with E-state index in [0.717, 1.165) is 29.6 Å². The Kier molecular flexibility index (Phi) is 4.82. The van der Waals surface area contributed by atoms with E-state index >= 15 is 0 Å². The number of ether oxygens (including phenoxy) is 1. The van der Waals surface area contributed by atoms with Gasteiger partial charge in [-0.05, 0) is 19.4 Å². The highest BCUT2D eigenvalue weighted by atomic mass is 32.2. The summed E-state index contributed by atoms with van der Waals surface area (Å²) in [5, 5.41) is 20.1. The zero-order valence-corrected chi connectivity index (χ0v) is 14.3. The number of esters is 1. The smallest absolute Gasteiger partial charge is 0.339 e. The summed E-state index contributed by atoms with van der Waals surface area (Å²) >= 11 is 0. The first-order valence-corrected chi connectivity index (χ1v) is 8.57. The normalized spacial score (nSPS) is 21.0. The Labute approximate surface area is 143 Å². The van der Waals surface area contributed by atoms with Crippen LogP contribution in [0.25, 0.3) is 0 Å². The molecule has 136 valence electrons. The second kappa shape index (κ2) is 6.41. The van der Waals surface area contributed by atoms with Gasteiger partial charge in [-0.25, -0.2) is 13.2 Å². The third-order valence-corrected chi connectivity index (χ3v) is 6.06. The number of carboxylic acids is 1. The van der Waals surface area contributed by atoms with Gasteiger partial charge in [-0.2, -0.15) is 4.31 Å². The summed E-state index contributed by atoms with van der Waals surface area (Å²) in [6.07, 6.45) is 0.113. The molecule has 1 saturated heterocycles. The number of hydrogen-bond donors (Lipinski definition) is 1. The van der Waals surface area contributed by atoms with Crippen molar-refractivity contribution in [3.63, 3.8) is 0 Å². The van der Waals surface area contributed by atoms with Gasteiger partial charge in [-0.15, -0.1) is 0 Å². The lowest BCUT2D eigenvalue weighted by molar-refractivity contribution is -0.384. The van der Waals surface area contributed by atoms with Crippen LogP contribution in [0.1, 0.15) is 23.7 Å². The zero-order chi connectivity index (χ0) is 19.0. The van der Waals surface area contributed by atoms with Crippen LogP contribution in [0.4, 0.5) is 5.69 Å². The number of carbonyl (C=O) groups excluding carboxylic acids is 1. The molecule has 1 aromatic carbocycles. The molecule has 1 N–H and O–H groups in total.